The number of nitriles is 1. The minimum atomic E-state index is -0.633. The van der Waals surface area contributed by atoms with Crippen LogP contribution in [0.3, 0.4) is 0 Å². The van der Waals surface area contributed by atoms with Crippen LogP contribution >= 0.6 is 0 Å². The molecule has 1 aromatic carbocycles. The molecule has 2 aromatic rings. The number of nitro groups is 1. The molecule has 0 unspecified atom stereocenters. The molecule has 3 N–H and O–H groups in total. The van der Waals surface area contributed by atoms with E-state index in [1.807, 2.05) is 6.07 Å². The van der Waals surface area contributed by atoms with Gasteiger partial charge in [-0.15, -0.1) is 0 Å². The second-order valence-electron chi connectivity index (χ2n) is 4.13. The van der Waals surface area contributed by atoms with E-state index < -0.39 is 10.7 Å². The number of nitrogen functional groups attached to an aromatic ring is 1. The molecule has 0 fully saturated rings. The van der Waals surface area contributed by atoms with Crippen molar-refractivity contribution in [2.45, 2.75) is 6.54 Å². The maximum absolute atomic E-state index is 13.7. The molecule has 8 heteroatoms. The first-order chi connectivity index (χ1) is 10.0. The zero-order valence-electron chi connectivity index (χ0n) is 10.7. The number of hydrogen-bond acceptors (Lipinski definition) is 6. The first-order valence-electron chi connectivity index (χ1n) is 5.84. The second kappa shape index (κ2) is 5.83. The quantitative estimate of drug-likeness (QED) is 0.657. The molecule has 21 heavy (non-hydrogen) atoms. The van der Waals surface area contributed by atoms with Crippen LogP contribution in [0.4, 0.5) is 21.7 Å². The van der Waals surface area contributed by atoms with Crippen LogP contribution in [0, 0.1) is 27.3 Å². The summed E-state index contributed by atoms with van der Waals surface area (Å²) in [6, 6.07) is 8.56. The Labute approximate surface area is 119 Å². The van der Waals surface area contributed by atoms with E-state index in [-0.39, 0.29) is 23.6 Å². The van der Waals surface area contributed by atoms with Crippen LogP contribution in [0.15, 0.2) is 30.3 Å². The van der Waals surface area contributed by atoms with Crippen LogP contribution in [0.1, 0.15) is 11.1 Å². The average Bonchev–Trinajstić information content (AvgIpc) is 2.45. The summed E-state index contributed by atoms with van der Waals surface area (Å²) in [6.07, 6.45) is 0. The molecule has 0 saturated heterocycles. The molecule has 0 radical (unpaired) electrons. The zero-order valence-corrected chi connectivity index (χ0v) is 10.7. The molecule has 0 saturated carbocycles. The molecule has 7 nitrogen and oxygen atoms in total. The summed E-state index contributed by atoms with van der Waals surface area (Å²) in [5.74, 6) is -0.441. The molecule has 0 bridgehead atoms. The Morgan fingerprint density at radius 2 is 2.19 bits per heavy atom. The number of hydrogen-bond donors (Lipinski definition) is 2. The first-order valence-corrected chi connectivity index (χ1v) is 5.84. The van der Waals surface area contributed by atoms with E-state index >= 15 is 0 Å². The molecule has 0 aliphatic rings. The third kappa shape index (κ3) is 3.22. The summed E-state index contributed by atoms with van der Waals surface area (Å²) in [5, 5.41) is 22.1. The van der Waals surface area contributed by atoms with Crippen LogP contribution in [-0.2, 0) is 6.54 Å². The summed E-state index contributed by atoms with van der Waals surface area (Å²) < 4.78 is 13.7. The van der Waals surface area contributed by atoms with Crippen molar-refractivity contribution in [2.24, 2.45) is 0 Å². The van der Waals surface area contributed by atoms with Crippen LogP contribution in [0.5, 0.6) is 0 Å². The van der Waals surface area contributed by atoms with Gasteiger partial charge in [0.25, 0.3) is 0 Å². The van der Waals surface area contributed by atoms with Gasteiger partial charge in [0.05, 0.1) is 16.6 Å². The van der Waals surface area contributed by atoms with Gasteiger partial charge in [0, 0.05) is 18.2 Å². The highest BCUT2D eigenvalue weighted by atomic mass is 19.1. The maximum atomic E-state index is 13.7. The second-order valence-corrected chi connectivity index (χ2v) is 4.13. The predicted molar refractivity (Wildman–Crippen MR) is 73.7 cm³/mol. The van der Waals surface area contributed by atoms with Gasteiger partial charge in [-0.1, -0.05) is 6.07 Å². The number of pyridine rings is 1. The lowest BCUT2D eigenvalue weighted by molar-refractivity contribution is -0.384. The molecule has 0 atom stereocenters. The molecule has 106 valence electrons. The first kappa shape index (κ1) is 14.2. The van der Waals surface area contributed by atoms with Gasteiger partial charge < -0.3 is 11.1 Å². The van der Waals surface area contributed by atoms with E-state index in [4.69, 9.17) is 11.0 Å². The number of benzene rings is 1. The predicted octanol–water partition coefficient (Wildman–Crippen LogP) is 2.19. The molecule has 2 rings (SSSR count). The van der Waals surface area contributed by atoms with Crippen molar-refractivity contribution < 1.29 is 9.31 Å². The van der Waals surface area contributed by atoms with Gasteiger partial charge in [-0.3, -0.25) is 10.1 Å². The van der Waals surface area contributed by atoms with Crippen molar-refractivity contribution in [3.8, 4) is 6.07 Å². The number of anilines is 2. The van der Waals surface area contributed by atoms with Gasteiger partial charge in [-0.05, 0) is 18.2 Å². The number of nitrogens with one attached hydrogen (secondary N) is 1. The summed E-state index contributed by atoms with van der Waals surface area (Å²) >= 11 is 0. The van der Waals surface area contributed by atoms with E-state index in [0.717, 1.165) is 6.07 Å². The number of rotatable bonds is 4. The Morgan fingerprint density at radius 1 is 1.43 bits per heavy atom. The Balaban J connectivity index is 2.12. The van der Waals surface area contributed by atoms with Crippen LogP contribution < -0.4 is 11.1 Å². The third-order valence-corrected chi connectivity index (χ3v) is 2.74. The molecule has 0 aliphatic carbocycles. The van der Waals surface area contributed by atoms with Crippen molar-refractivity contribution in [3.05, 3.63) is 57.4 Å². The lowest BCUT2D eigenvalue weighted by atomic mass is 10.1. The number of halogens is 1. The molecular formula is C13H10FN5O2. The standard InChI is InChI=1S/C13H10FN5O2/c14-10-5-8(6-15)1-2-9(10)7-17-12-4-3-11(19(20)21)13(16)18-12/h1-5H,7H2,(H3,16,17,18). The minimum absolute atomic E-state index is 0.113. The Bertz CT molecular complexity index is 742. The number of nitrogens with two attached hydrogens (primary N) is 1. The van der Waals surface area contributed by atoms with Gasteiger partial charge in [0.15, 0.2) is 0 Å². The van der Waals surface area contributed by atoms with Gasteiger partial charge in [0.2, 0.25) is 5.82 Å². The largest absolute Gasteiger partial charge is 0.378 e. The normalized spacial score (nSPS) is 9.90. The molecule has 0 aliphatic heterocycles. The summed E-state index contributed by atoms with van der Waals surface area (Å²) in [7, 11) is 0. The fourth-order valence-corrected chi connectivity index (χ4v) is 1.67. The highest BCUT2D eigenvalue weighted by Crippen LogP contribution is 2.21. The Hall–Kier alpha value is -3.21. The zero-order chi connectivity index (χ0) is 15.4. The monoisotopic (exact) mass is 287 g/mol. The fraction of sp³-hybridized carbons (Fsp3) is 0.0769. The summed E-state index contributed by atoms with van der Waals surface area (Å²) in [5.41, 5.74) is 5.74. The van der Waals surface area contributed by atoms with Gasteiger partial charge in [-0.25, -0.2) is 9.37 Å². The van der Waals surface area contributed by atoms with Crippen LogP contribution in [0.25, 0.3) is 0 Å². The SMILES string of the molecule is N#Cc1ccc(CNc2ccc([N+](=O)[O-])c(N)n2)c(F)c1. The average molecular weight is 287 g/mol. The van der Waals surface area contributed by atoms with E-state index in [1.165, 1.54) is 24.3 Å². The number of nitrogens with zero attached hydrogens (tertiary/aromatic N) is 3. The van der Waals surface area contributed by atoms with Gasteiger partial charge in [-0.2, -0.15) is 5.26 Å². The van der Waals surface area contributed by atoms with E-state index in [0.29, 0.717) is 11.4 Å². The van der Waals surface area contributed by atoms with Crippen molar-refractivity contribution in [2.75, 3.05) is 11.1 Å². The van der Waals surface area contributed by atoms with Gasteiger partial charge >= 0.3 is 5.69 Å². The van der Waals surface area contributed by atoms with Gasteiger partial charge in [0.1, 0.15) is 11.6 Å². The lowest BCUT2D eigenvalue weighted by Gasteiger charge is -2.07. The highest BCUT2D eigenvalue weighted by molar-refractivity contribution is 5.57. The fourth-order valence-electron chi connectivity index (χ4n) is 1.67. The third-order valence-electron chi connectivity index (χ3n) is 2.74. The molecular weight excluding hydrogens is 277 g/mol. The molecule has 1 heterocycles. The van der Waals surface area contributed by atoms with Crippen molar-refractivity contribution in [1.82, 2.24) is 4.98 Å². The van der Waals surface area contributed by atoms with Crippen molar-refractivity contribution in [3.63, 3.8) is 0 Å². The van der Waals surface area contributed by atoms with E-state index in [1.54, 1.807) is 0 Å². The molecule has 0 spiro atoms. The van der Waals surface area contributed by atoms with Crippen LogP contribution in [0.2, 0.25) is 0 Å². The molecule has 1 aromatic heterocycles. The molecule has 0 amide bonds. The highest BCUT2D eigenvalue weighted by Gasteiger charge is 2.13. The Kier molecular flexibility index (Phi) is 3.95. The number of aromatic nitrogens is 1. The smallest absolute Gasteiger partial charge is 0.311 e. The summed E-state index contributed by atoms with van der Waals surface area (Å²) in [4.78, 5) is 13.8. The summed E-state index contributed by atoms with van der Waals surface area (Å²) in [6.45, 7) is 0.113. The van der Waals surface area contributed by atoms with Crippen molar-refractivity contribution >= 4 is 17.3 Å². The van der Waals surface area contributed by atoms with Crippen LogP contribution in [-0.4, -0.2) is 9.91 Å². The lowest BCUT2D eigenvalue weighted by Crippen LogP contribution is -2.06. The van der Waals surface area contributed by atoms with E-state index in [9.17, 15) is 14.5 Å². The van der Waals surface area contributed by atoms with E-state index in [2.05, 4.69) is 10.3 Å². The topological polar surface area (TPSA) is 118 Å². The maximum Gasteiger partial charge on any atom is 0.311 e. The Morgan fingerprint density at radius 3 is 2.76 bits per heavy atom. The minimum Gasteiger partial charge on any atom is -0.378 e. The van der Waals surface area contributed by atoms with Crippen molar-refractivity contribution in [1.29, 1.82) is 5.26 Å².